The van der Waals surface area contributed by atoms with Crippen LogP contribution in [-0.4, -0.2) is 43.8 Å². The maximum atomic E-state index is 12.5. The van der Waals surface area contributed by atoms with Crippen LogP contribution in [0.4, 0.5) is 13.2 Å². The van der Waals surface area contributed by atoms with Gasteiger partial charge < -0.3 is 10.2 Å². The minimum atomic E-state index is -3.98. The molecular formula is C14H25F3N2. The summed E-state index contributed by atoms with van der Waals surface area (Å²) in [5, 5.41) is 3.36. The third-order valence-electron chi connectivity index (χ3n) is 4.60. The molecule has 0 spiro atoms. The van der Waals surface area contributed by atoms with Crippen molar-refractivity contribution in [3.05, 3.63) is 0 Å². The molecule has 19 heavy (non-hydrogen) atoms. The Kier molecular flexibility index (Phi) is 5.51. The minimum absolute atomic E-state index is 0.289. The largest absolute Gasteiger partial charge is 0.391 e. The number of likely N-dealkylation sites (tertiary alicyclic amines) is 1. The van der Waals surface area contributed by atoms with Gasteiger partial charge in [0.25, 0.3) is 0 Å². The number of alkyl halides is 3. The molecule has 0 aromatic heterocycles. The molecule has 0 aromatic rings. The Morgan fingerprint density at radius 3 is 2.21 bits per heavy atom. The number of rotatable bonds is 4. The Labute approximate surface area is 113 Å². The quantitative estimate of drug-likeness (QED) is 0.850. The molecule has 5 heteroatoms. The smallest absolute Gasteiger partial charge is 0.317 e. The maximum absolute atomic E-state index is 12.5. The minimum Gasteiger partial charge on any atom is -0.317 e. The van der Waals surface area contributed by atoms with Gasteiger partial charge in [-0.1, -0.05) is 0 Å². The summed E-state index contributed by atoms with van der Waals surface area (Å²) in [6.45, 7) is 4.48. The number of nitrogens with one attached hydrogen (secondary N) is 1. The standard InChI is InChI=1S/C14H25F3N2/c15-14(16,17)13-5-10-19(11-6-13)9-1-2-12-3-7-18-8-4-12/h12-13,18H,1-11H2. The van der Waals surface area contributed by atoms with Crippen molar-refractivity contribution in [2.45, 2.75) is 44.7 Å². The summed E-state index contributed by atoms with van der Waals surface area (Å²) in [6, 6.07) is 0. The van der Waals surface area contributed by atoms with Gasteiger partial charge in [0.05, 0.1) is 5.92 Å². The zero-order valence-electron chi connectivity index (χ0n) is 11.5. The van der Waals surface area contributed by atoms with Crippen LogP contribution in [0.2, 0.25) is 0 Å². The first-order valence-electron chi connectivity index (χ1n) is 7.55. The fraction of sp³-hybridized carbons (Fsp3) is 1.00. The van der Waals surface area contributed by atoms with Gasteiger partial charge >= 0.3 is 6.18 Å². The lowest BCUT2D eigenvalue weighted by molar-refractivity contribution is -0.185. The molecule has 2 saturated heterocycles. The van der Waals surface area contributed by atoms with E-state index in [1.165, 1.54) is 19.3 Å². The molecule has 0 aromatic carbocycles. The van der Waals surface area contributed by atoms with Crippen LogP contribution < -0.4 is 5.32 Å². The molecule has 0 aliphatic carbocycles. The van der Waals surface area contributed by atoms with Gasteiger partial charge in [-0.25, -0.2) is 0 Å². The molecule has 0 radical (unpaired) electrons. The van der Waals surface area contributed by atoms with Crippen LogP contribution in [0.5, 0.6) is 0 Å². The van der Waals surface area contributed by atoms with Gasteiger partial charge in [0.2, 0.25) is 0 Å². The number of hydrogen-bond acceptors (Lipinski definition) is 2. The molecule has 2 nitrogen and oxygen atoms in total. The van der Waals surface area contributed by atoms with Crippen molar-refractivity contribution in [1.29, 1.82) is 0 Å². The average molecular weight is 278 g/mol. The van der Waals surface area contributed by atoms with E-state index in [0.29, 0.717) is 13.1 Å². The Balaban J connectivity index is 1.58. The van der Waals surface area contributed by atoms with Crippen LogP contribution in [0.1, 0.15) is 38.5 Å². The fourth-order valence-corrected chi connectivity index (χ4v) is 3.26. The van der Waals surface area contributed by atoms with Gasteiger partial charge in [-0.3, -0.25) is 0 Å². The molecule has 112 valence electrons. The van der Waals surface area contributed by atoms with Gasteiger partial charge in [0, 0.05) is 0 Å². The first kappa shape index (κ1) is 15.1. The van der Waals surface area contributed by atoms with Crippen LogP contribution in [0.25, 0.3) is 0 Å². The fourth-order valence-electron chi connectivity index (χ4n) is 3.26. The zero-order valence-corrected chi connectivity index (χ0v) is 11.5. The SMILES string of the molecule is FC(F)(F)C1CCN(CCCC2CCNCC2)CC1. The lowest BCUT2D eigenvalue weighted by Gasteiger charge is -2.33. The van der Waals surface area contributed by atoms with E-state index in [0.717, 1.165) is 32.0 Å². The summed E-state index contributed by atoms with van der Waals surface area (Å²) in [7, 11) is 0. The van der Waals surface area contributed by atoms with E-state index in [4.69, 9.17) is 0 Å². The zero-order chi connectivity index (χ0) is 13.7. The van der Waals surface area contributed by atoms with Gasteiger partial charge in [-0.15, -0.1) is 0 Å². The van der Waals surface area contributed by atoms with Gasteiger partial charge in [0.15, 0.2) is 0 Å². The van der Waals surface area contributed by atoms with E-state index >= 15 is 0 Å². The molecule has 2 rings (SSSR count). The number of hydrogen-bond donors (Lipinski definition) is 1. The van der Waals surface area contributed by atoms with Crippen molar-refractivity contribution in [3.63, 3.8) is 0 Å². The van der Waals surface area contributed by atoms with Crippen molar-refractivity contribution in [2.24, 2.45) is 11.8 Å². The molecular weight excluding hydrogens is 253 g/mol. The highest BCUT2D eigenvalue weighted by Crippen LogP contribution is 2.34. The van der Waals surface area contributed by atoms with E-state index in [9.17, 15) is 13.2 Å². The Morgan fingerprint density at radius 1 is 1.00 bits per heavy atom. The monoisotopic (exact) mass is 278 g/mol. The van der Waals surface area contributed by atoms with Crippen LogP contribution in [0, 0.1) is 11.8 Å². The van der Waals surface area contributed by atoms with E-state index in [1.54, 1.807) is 0 Å². The van der Waals surface area contributed by atoms with E-state index in [1.807, 2.05) is 0 Å². The number of halogens is 3. The second-order valence-electron chi connectivity index (χ2n) is 5.99. The van der Waals surface area contributed by atoms with Gasteiger partial charge in [-0.2, -0.15) is 13.2 Å². The summed E-state index contributed by atoms with van der Waals surface area (Å²) in [6.07, 6.45) is 1.49. The molecule has 2 heterocycles. The Bertz CT molecular complexity index is 254. The molecule has 0 atom stereocenters. The predicted octanol–water partition coefficient (Wildman–Crippen LogP) is 3.04. The van der Waals surface area contributed by atoms with Crippen molar-refractivity contribution in [2.75, 3.05) is 32.7 Å². The first-order chi connectivity index (χ1) is 9.05. The highest BCUT2D eigenvalue weighted by Gasteiger charge is 2.40. The van der Waals surface area contributed by atoms with Gasteiger partial charge in [-0.05, 0) is 77.2 Å². The molecule has 0 amide bonds. The van der Waals surface area contributed by atoms with Crippen LogP contribution in [0.3, 0.4) is 0 Å². The first-order valence-corrected chi connectivity index (χ1v) is 7.55. The lowest BCUT2D eigenvalue weighted by atomic mass is 9.92. The van der Waals surface area contributed by atoms with Gasteiger partial charge in [0.1, 0.15) is 0 Å². The molecule has 0 saturated carbocycles. The third-order valence-corrected chi connectivity index (χ3v) is 4.60. The number of piperidine rings is 2. The molecule has 1 N–H and O–H groups in total. The van der Waals surface area contributed by atoms with E-state index in [-0.39, 0.29) is 12.8 Å². The second-order valence-corrected chi connectivity index (χ2v) is 5.99. The van der Waals surface area contributed by atoms with Crippen molar-refractivity contribution in [1.82, 2.24) is 10.2 Å². The van der Waals surface area contributed by atoms with Crippen LogP contribution in [0.15, 0.2) is 0 Å². The normalized spacial score (nSPS) is 24.8. The topological polar surface area (TPSA) is 15.3 Å². The summed E-state index contributed by atoms with van der Waals surface area (Å²) in [5.41, 5.74) is 0. The Hall–Kier alpha value is -0.290. The van der Waals surface area contributed by atoms with Crippen molar-refractivity contribution in [3.8, 4) is 0 Å². The Morgan fingerprint density at radius 2 is 1.63 bits per heavy atom. The van der Waals surface area contributed by atoms with Crippen molar-refractivity contribution < 1.29 is 13.2 Å². The molecule has 2 aliphatic heterocycles. The summed E-state index contributed by atoms with van der Waals surface area (Å²) in [4.78, 5) is 2.21. The van der Waals surface area contributed by atoms with E-state index < -0.39 is 12.1 Å². The summed E-state index contributed by atoms with van der Waals surface area (Å²) >= 11 is 0. The molecule has 2 aliphatic rings. The highest BCUT2D eigenvalue weighted by atomic mass is 19.4. The van der Waals surface area contributed by atoms with Crippen molar-refractivity contribution >= 4 is 0 Å². The maximum Gasteiger partial charge on any atom is 0.391 e. The molecule has 2 fully saturated rings. The molecule has 0 bridgehead atoms. The molecule has 0 unspecified atom stereocenters. The van der Waals surface area contributed by atoms with E-state index in [2.05, 4.69) is 10.2 Å². The lowest BCUT2D eigenvalue weighted by Crippen LogP contribution is -2.39. The second kappa shape index (κ2) is 6.93. The highest BCUT2D eigenvalue weighted by molar-refractivity contribution is 4.77. The summed E-state index contributed by atoms with van der Waals surface area (Å²) < 4.78 is 37.6. The number of nitrogens with zero attached hydrogens (tertiary/aromatic N) is 1. The summed E-state index contributed by atoms with van der Waals surface area (Å²) in [5.74, 6) is -0.234. The average Bonchev–Trinajstić information content (AvgIpc) is 2.39. The van der Waals surface area contributed by atoms with Crippen LogP contribution in [-0.2, 0) is 0 Å². The predicted molar refractivity (Wildman–Crippen MR) is 70.0 cm³/mol. The van der Waals surface area contributed by atoms with Crippen LogP contribution >= 0.6 is 0 Å². The third kappa shape index (κ3) is 4.95.